The first-order chi connectivity index (χ1) is 9.95. The summed E-state index contributed by atoms with van der Waals surface area (Å²) in [5.74, 6) is 3.78. The largest absolute Gasteiger partial charge is 0.389 e. The maximum atomic E-state index is 10.0. The second-order valence-electron chi connectivity index (χ2n) is 9.15. The fourth-order valence-electron chi connectivity index (χ4n) is 6.97. The van der Waals surface area contributed by atoms with Gasteiger partial charge in [-0.15, -0.1) is 0 Å². The fourth-order valence-corrected chi connectivity index (χ4v) is 6.97. The summed E-state index contributed by atoms with van der Waals surface area (Å²) in [5.41, 5.74) is 2.65. The third-order valence-corrected chi connectivity index (χ3v) is 8.56. The van der Waals surface area contributed by atoms with Crippen molar-refractivity contribution in [3.8, 4) is 0 Å². The van der Waals surface area contributed by atoms with E-state index in [2.05, 4.69) is 26.8 Å². The molecule has 3 unspecified atom stereocenters. The van der Waals surface area contributed by atoms with Crippen molar-refractivity contribution in [2.75, 3.05) is 0 Å². The second kappa shape index (κ2) is 5.36. The van der Waals surface area contributed by atoms with Crippen molar-refractivity contribution in [2.24, 2.45) is 34.5 Å². The molecule has 0 aliphatic heterocycles. The number of aliphatic hydroxyl groups excluding tert-OH is 1. The Kier molecular flexibility index (Phi) is 4.04. The first kappa shape index (κ1) is 16.6. The molecule has 22 heavy (non-hydrogen) atoms. The number of aliphatic hydroxyl groups is 1. The first-order valence-corrected chi connectivity index (χ1v) is 9.34. The van der Waals surface area contributed by atoms with Crippen LogP contribution in [-0.4, -0.2) is 11.2 Å². The third kappa shape index (κ3) is 2.07. The molecule has 0 saturated heterocycles. The van der Waals surface area contributed by atoms with Gasteiger partial charge in [-0.25, -0.2) is 0 Å². The molecule has 0 radical (unpaired) electrons. The molecule has 0 aromatic heterocycles. The van der Waals surface area contributed by atoms with Crippen molar-refractivity contribution in [3.63, 3.8) is 0 Å². The van der Waals surface area contributed by atoms with Gasteiger partial charge in [0.05, 0.1) is 6.10 Å². The number of hydrogen-bond donors (Lipinski definition) is 1. The predicted octanol–water partition coefficient (Wildman–Crippen LogP) is 5.58. The van der Waals surface area contributed by atoms with Crippen LogP contribution in [0.4, 0.5) is 0 Å². The van der Waals surface area contributed by atoms with E-state index < -0.39 is 0 Å². The minimum atomic E-state index is -0.162. The summed E-state index contributed by atoms with van der Waals surface area (Å²) in [7, 11) is 0. The molecule has 1 nitrogen and oxygen atoms in total. The van der Waals surface area contributed by atoms with Crippen LogP contribution in [0, 0.1) is 34.5 Å². The summed E-state index contributed by atoms with van der Waals surface area (Å²) in [4.78, 5) is 0. The van der Waals surface area contributed by atoms with E-state index in [1.165, 1.54) is 44.9 Å². The average molecular weight is 305 g/mol. The fraction of sp³-hybridized carbons (Fsp3) is 0.905. The SMILES string of the molecule is C.C[C@H]1CCC2C3CCC4=C[C@@H](O)CC[C@]4(C)C3CC[C@@]21C. The summed E-state index contributed by atoms with van der Waals surface area (Å²) in [6.07, 6.45) is 12.8. The zero-order valence-corrected chi connectivity index (χ0v) is 14.1. The Balaban J connectivity index is 0.00000144. The molecule has 0 aromatic carbocycles. The molecule has 4 rings (SSSR count). The monoisotopic (exact) mass is 304 g/mol. The number of fused-ring (bicyclic) bond motifs is 5. The summed E-state index contributed by atoms with van der Waals surface area (Å²) >= 11 is 0. The van der Waals surface area contributed by atoms with E-state index in [1.807, 2.05) is 0 Å². The van der Waals surface area contributed by atoms with Crippen molar-refractivity contribution >= 4 is 0 Å². The Morgan fingerprint density at radius 1 is 1.00 bits per heavy atom. The van der Waals surface area contributed by atoms with Gasteiger partial charge in [0.1, 0.15) is 0 Å². The minimum Gasteiger partial charge on any atom is -0.389 e. The molecule has 1 heteroatoms. The summed E-state index contributed by atoms with van der Waals surface area (Å²) < 4.78 is 0. The zero-order chi connectivity index (χ0) is 14.8. The van der Waals surface area contributed by atoms with Crippen molar-refractivity contribution in [2.45, 2.75) is 85.7 Å². The van der Waals surface area contributed by atoms with Crippen LogP contribution in [0.2, 0.25) is 0 Å². The van der Waals surface area contributed by atoms with Gasteiger partial charge in [0.15, 0.2) is 0 Å². The lowest BCUT2D eigenvalue weighted by molar-refractivity contribution is -0.0528. The highest BCUT2D eigenvalue weighted by atomic mass is 16.3. The van der Waals surface area contributed by atoms with Gasteiger partial charge in [0.2, 0.25) is 0 Å². The lowest BCUT2D eigenvalue weighted by atomic mass is 9.47. The molecule has 0 aromatic rings. The maximum absolute atomic E-state index is 10.0. The Morgan fingerprint density at radius 3 is 2.55 bits per heavy atom. The molecule has 126 valence electrons. The molecule has 0 heterocycles. The van der Waals surface area contributed by atoms with Crippen LogP contribution in [0.5, 0.6) is 0 Å². The minimum absolute atomic E-state index is 0. The molecule has 4 aliphatic carbocycles. The highest BCUT2D eigenvalue weighted by molar-refractivity contribution is 5.25. The van der Waals surface area contributed by atoms with Crippen molar-refractivity contribution in [3.05, 3.63) is 11.6 Å². The second-order valence-corrected chi connectivity index (χ2v) is 9.15. The first-order valence-electron chi connectivity index (χ1n) is 9.34. The normalized spacial score (nSPS) is 53.6. The van der Waals surface area contributed by atoms with Crippen molar-refractivity contribution in [1.82, 2.24) is 0 Å². The third-order valence-electron chi connectivity index (χ3n) is 8.56. The van der Waals surface area contributed by atoms with E-state index in [1.54, 1.807) is 5.57 Å². The lowest BCUT2D eigenvalue weighted by Gasteiger charge is -2.58. The number of hydrogen-bond acceptors (Lipinski definition) is 1. The topological polar surface area (TPSA) is 20.2 Å². The van der Waals surface area contributed by atoms with Crippen molar-refractivity contribution in [1.29, 1.82) is 0 Å². The smallest absolute Gasteiger partial charge is 0.0724 e. The van der Waals surface area contributed by atoms with E-state index in [9.17, 15) is 5.11 Å². The van der Waals surface area contributed by atoms with Crippen LogP contribution >= 0.6 is 0 Å². The van der Waals surface area contributed by atoms with E-state index in [0.717, 1.165) is 30.1 Å². The van der Waals surface area contributed by atoms with Gasteiger partial charge in [0, 0.05) is 0 Å². The van der Waals surface area contributed by atoms with E-state index in [0.29, 0.717) is 10.8 Å². The summed E-state index contributed by atoms with van der Waals surface area (Å²) in [5, 5.41) is 10.0. The van der Waals surface area contributed by atoms with Gasteiger partial charge in [0.25, 0.3) is 0 Å². The van der Waals surface area contributed by atoms with Crippen LogP contribution in [0.15, 0.2) is 11.6 Å². The molecule has 7 atom stereocenters. The predicted molar refractivity (Wildman–Crippen MR) is 93.6 cm³/mol. The van der Waals surface area contributed by atoms with E-state index >= 15 is 0 Å². The Morgan fingerprint density at radius 2 is 1.77 bits per heavy atom. The molecule has 4 aliphatic rings. The van der Waals surface area contributed by atoms with Gasteiger partial charge >= 0.3 is 0 Å². The van der Waals surface area contributed by atoms with Crippen LogP contribution in [0.3, 0.4) is 0 Å². The van der Waals surface area contributed by atoms with Gasteiger partial charge in [-0.2, -0.15) is 0 Å². The maximum Gasteiger partial charge on any atom is 0.0724 e. The van der Waals surface area contributed by atoms with Crippen LogP contribution in [-0.2, 0) is 0 Å². The van der Waals surface area contributed by atoms with E-state index in [-0.39, 0.29) is 13.5 Å². The molecular weight excluding hydrogens is 268 g/mol. The van der Waals surface area contributed by atoms with Gasteiger partial charge in [-0.3, -0.25) is 0 Å². The Bertz CT molecular complexity index is 467. The Hall–Kier alpha value is -0.300. The van der Waals surface area contributed by atoms with Gasteiger partial charge < -0.3 is 5.11 Å². The zero-order valence-electron chi connectivity index (χ0n) is 14.1. The molecule has 1 N–H and O–H groups in total. The van der Waals surface area contributed by atoms with Gasteiger partial charge in [-0.1, -0.05) is 39.8 Å². The highest BCUT2D eigenvalue weighted by Gasteiger charge is 2.57. The van der Waals surface area contributed by atoms with Crippen LogP contribution < -0.4 is 0 Å². The standard InChI is InChI=1S/C20H32O.CH4/c1-13-4-7-17-16-6-5-14-12-15(21)8-10-20(14,3)18(16)9-11-19(13,17)2;/h12-13,15-18,21H,4-11H2,1-3H3;1H4/t13-,15-,16?,17?,18?,19+,20-;/m0./s1. The van der Waals surface area contributed by atoms with Crippen LogP contribution in [0.1, 0.15) is 79.6 Å². The molecule has 3 saturated carbocycles. The quantitative estimate of drug-likeness (QED) is 0.579. The molecule has 0 bridgehead atoms. The molecule has 0 amide bonds. The Labute approximate surface area is 137 Å². The summed E-state index contributed by atoms with van der Waals surface area (Å²) in [6, 6.07) is 0. The van der Waals surface area contributed by atoms with E-state index in [4.69, 9.17) is 0 Å². The number of allylic oxidation sites excluding steroid dienone is 1. The van der Waals surface area contributed by atoms with Crippen molar-refractivity contribution < 1.29 is 5.11 Å². The molecule has 0 spiro atoms. The van der Waals surface area contributed by atoms with Crippen LogP contribution in [0.25, 0.3) is 0 Å². The average Bonchev–Trinajstić information content (AvgIpc) is 2.76. The number of rotatable bonds is 0. The molecular formula is C21H36O. The summed E-state index contributed by atoms with van der Waals surface area (Å²) in [6.45, 7) is 7.64. The lowest BCUT2D eigenvalue weighted by Crippen LogP contribution is -2.50. The van der Waals surface area contributed by atoms with Gasteiger partial charge in [-0.05, 0) is 85.9 Å². The molecule has 3 fully saturated rings. The highest BCUT2D eigenvalue weighted by Crippen LogP contribution is 2.66.